The maximum Gasteiger partial charge on any atom is 0.237 e. The highest BCUT2D eigenvalue weighted by Crippen LogP contribution is 2.31. The number of nitrogens with one attached hydrogen (secondary N) is 1. The van der Waals surface area contributed by atoms with Crippen LogP contribution in [0.4, 0.5) is 5.69 Å². The van der Waals surface area contributed by atoms with Crippen molar-refractivity contribution in [2.45, 2.75) is 69.1 Å². The molecule has 1 N–H and O–H groups in total. The van der Waals surface area contributed by atoms with Crippen molar-refractivity contribution in [1.29, 1.82) is 5.26 Å². The lowest BCUT2D eigenvalue weighted by Crippen LogP contribution is -2.25. The van der Waals surface area contributed by atoms with Gasteiger partial charge in [-0.15, -0.1) is 0 Å². The molecule has 4 nitrogen and oxygen atoms in total. The summed E-state index contributed by atoms with van der Waals surface area (Å²) in [4.78, 5) is 17.6. The van der Waals surface area contributed by atoms with Crippen LogP contribution in [0.25, 0.3) is 0 Å². The smallest absolute Gasteiger partial charge is 0.237 e. The molecule has 0 saturated heterocycles. The van der Waals surface area contributed by atoms with E-state index in [0.29, 0.717) is 22.9 Å². The zero-order chi connectivity index (χ0) is 20.1. The van der Waals surface area contributed by atoms with Crippen LogP contribution < -0.4 is 5.32 Å². The van der Waals surface area contributed by atoms with Crippen molar-refractivity contribution in [1.82, 2.24) is 4.98 Å². The van der Waals surface area contributed by atoms with Crippen LogP contribution in [0.3, 0.4) is 0 Å². The Morgan fingerprint density at radius 3 is 2.61 bits per heavy atom. The number of anilines is 1. The number of pyridine rings is 1. The number of nitrogens with zero attached hydrogens (tertiary/aromatic N) is 2. The van der Waals surface area contributed by atoms with Crippen LogP contribution in [-0.4, -0.2) is 16.1 Å². The Labute approximate surface area is 171 Å². The fourth-order valence-electron chi connectivity index (χ4n) is 3.42. The molecular formula is C23H27N3OS. The third-order valence-electron chi connectivity index (χ3n) is 5.15. The van der Waals surface area contributed by atoms with E-state index in [9.17, 15) is 10.1 Å². The van der Waals surface area contributed by atoms with Crippen LogP contribution >= 0.6 is 11.8 Å². The van der Waals surface area contributed by atoms with E-state index in [0.717, 1.165) is 37.1 Å². The zero-order valence-electron chi connectivity index (χ0n) is 16.8. The Kier molecular flexibility index (Phi) is 6.74. The number of benzene rings is 1. The lowest BCUT2D eigenvalue weighted by molar-refractivity contribution is -0.115. The first-order valence-corrected chi connectivity index (χ1v) is 10.9. The molecule has 0 spiro atoms. The third kappa shape index (κ3) is 4.74. The number of aromatic nitrogens is 1. The first-order valence-electron chi connectivity index (χ1n) is 10.0. The number of thioether (sulfide) groups is 1. The van der Waals surface area contributed by atoms with Crippen LogP contribution in [0.1, 0.15) is 68.3 Å². The largest absolute Gasteiger partial charge is 0.325 e. The molecule has 146 valence electrons. The van der Waals surface area contributed by atoms with Gasteiger partial charge in [-0.25, -0.2) is 4.98 Å². The van der Waals surface area contributed by atoms with Gasteiger partial charge in [0.25, 0.3) is 0 Å². The predicted molar refractivity (Wildman–Crippen MR) is 115 cm³/mol. The molecule has 1 unspecified atom stereocenters. The summed E-state index contributed by atoms with van der Waals surface area (Å²) in [6, 6.07) is 12.2. The van der Waals surface area contributed by atoms with Crippen LogP contribution in [0.5, 0.6) is 0 Å². The van der Waals surface area contributed by atoms with E-state index < -0.39 is 0 Å². The first-order chi connectivity index (χ1) is 13.5. The molecule has 1 aliphatic carbocycles. The standard InChI is InChI=1S/C23H27N3OS/c1-4-21(22(27)25-19-11-9-16(10-12-19)15(2)3)28-23-18(14-24)13-17-7-5-6-8-20(17)26-23/h9-13,15,21H,4-8H2,1-3H3,(H,25,27). The molecule has 3 rings (SSSR count). The number of carbonyl (C=O) groups is 1. The Morgan fingerprint density at radius 2 is 1.96 bits per heavy atom. The van der Waals surface area contributed by atoms with Crippen molar-refractivity contribution < 1.29 is 4.79 Å². The van der Waals surface area contributed by atoms with Crippen molar-refractivity contribution in [3.63, 3.8) is 0 Å². The average Bonchev–Trinajstić information content (AvgIpc) is 2.71. The van der Waals surface area contributed by atoms with Crippen molar-refractivity contribution in [2.75, 3.05) is 5.32 Å². The van der Waals surface area contributed by atoms with Gasteiger partial charge in [0.2, 0.25) is 5.91 Å². The number of aryl methyl sites for hydroxylation is 2. The molecule has 1 aliphatic rings. The van der Waals surface area contributed by atoms with E-state index >= 15 is 0 Å². The first kappa shape index (κ1) is 20.4. The van der Waals surface area contributed by atoms with E-state index in [-0.39, 0.29) is 11.2 Å². The topological polar surface area (TPSA) is 65.8 Å². The van der Waals surface area contributed by atoms with Gasteiger partial charge < -0.3 is 5.32 Å². The number of fused-ring (bicyclic) bond motifs is 1. The van der Waals surface area contributed by atoms with E-state index in [1.54, 1.807) is 0 Å². The van der Waals surface area contributed by atoms with Gasteiger partial charge >= 0.3 is 0 Å². The van der Waals surface area contributed by atoms with Crippen LogP contribution in [-0.2, 0) is 17.6 Å². The monoisotopic (exact) mass is 393 g/mol. The summed E-state index contributed by atoms with van der Waals surface area (Å²) in [5.41, 5.74) is 4.91. The second kappa shape index (κ2) is 9.25. The van der Waals surface area contributed by atoms with Crippen LogP contribution in [0, 0.1) is 11.3 Å². The molecule has 0 saturated carbocycles. The lowest BCUT2D eigenvalue weighted by atomic mass is 9.95. The summed E-state index contributed by atoms with van der Waals surface area (Å²) in [6.07, 6.45) is 4.91. The molecule has 1 heterocycles. The van der Waals surface area contributed by atoms with Crippen molar-refractivity contribution in [3.05, 3.63) is 52.7 Å². The number of hydrogen-bond acceptors (Lipinski definition) is 4. The second-order valence-corrected chi connectivity index (χ2v) is 8.74. The molecule has 1 aromatic carbocycles. The minimum atomic E-state index is -0.286. The Morgan fingerprint density at radius 1 is 1.25 bits per heavy atom. The van der Waals surface area contributed by atoms with Crippen LogP contribution in [0.15, 0.2) is 35.4 Å². The third-order valence-corrected chi connectivity index (χ3v) is 6.51. The number of nitriles is 1. The van der Waals surface area contributed by atoms with Gasteiger partial charge in [0.1, 0.15) is 11.1 Å². The van der Waals surface area contributed by atoms with Gasteiger partial charge in [-0.3, -0.25) is 4.79 Å². The molecule has 1 atom stereocenters. The molecule has 2 aromatic rings. The Bertz CT molecular complexity index is 884. The average molecular weight is 394 g/mol. The van der Waals surface area contributed by atoms with Gasteiger partial charge in [-0.05, 0) is 67.3 Å². The number of rotatable bonds is 6. The Hall–Kier alpha value is -2.32. The van der Waals surface area contributed by atoms with Gasteiger partial charge in [0, 0.05) is 11.4 Å². The maximum atomic E-state index is 12.8. The van der Waals surface area contributed by atoms with Gasteiger partial charge in [0.05, 0.1) is 10.8 Å². The fourth-order valence-corrected chi connectivity index (χ4v) is 4.41. The maximum absolute atomic E-state index is 12.8. The summed E-state index contributed by atoms with van der Waals surface area (Å²) < 4.78 is 0. The summed E-state index contributed by atoms with van der Waals surface area (Å²) in [6.45, 7) is 6.29. The minimum absolute atomic E-state index is 0.0480. The van der Waals surface area contributed by atoms with E-state index in [4.69, 9.17) is 4.98 Å². The molecule has 1 amide bonds. The predicted octanol–water partition coefficient (Wildman–Crippen LogP) is 5.46. The quantitative estimate of drug-likeness (QED) is 0.661. The van der Waals surface area contributed by atoms with Gasteiger partial charge in [-0.2, -0.15) is 5.26 Å². The molecule has 5 heteroatoms. The fraction of sp³-hybridized carbons (Fsp3) is 0.435. The molecular weight excluding hydrogens is 366 g/mol. The van der Waals surface area contributed by atoms with Crippen molar-refractivity contribution >= 4 is 23.4 Å². The highest BCUT2D eigenvalue weighted by Gasteiger charge is 2.22. The summed E-state index contributed by atoms with van der Waals surface area (Å²) in [5.74, 6) is 0.413. The summed E-state index contributed by atoms with van der Waals surface area (Å²) >= 11 is 1.40. The van der Waals surface area contributed by atoms with E-state index in [2.05, 4.69) is 25.2 Å². The summed E-state index contributed by atoms with van der Waals surface area (Å²) in [7, 11) is 0. The number of amides is 1. The SMILES string of the molecule is CCC(Sc1nc2c(cc1C#N)CCCC2)C(=O)Nc1ccc(C(C)C)cc1. The van der Waals surface area contributed by atoms with E-state index in [1.165, 1.54) is 22.9 Å². The highest BCUT2D eigenvalue weighted by atomic mass is 32.2. The number of hydrogen-bond donors (Lipinski definition) is 1. The molecule has 1 aromatic heterocycles. The molecule has 0 radical (unpaired) electrons. The molecule has 0 fully saturated rings. The zero-order valence-corrected chi connectivity index (χ0v) is 17.6. The highest BCUT2D eigenvalue weighted by molar-refractivity contribution is 8.00. The van der Waals surface area contributed by atoms with Crippen molar-refractivity contribution in [3.8, 4) is 6.07 Å². The summed E-state index contributed by atoms with van der Waals surface area (Å²) in [5, 5.41) is 12.9. The second-order valence-electron chi connectivity index (χ2n) is 7.55. The number of carbonyl (C=O) groups excluding carboxylic acids is 1. The normalized spacial score (nSPS) is 14.2. The molecule has 28 heavy (non-hydrogen) atoms. The lowest BCUT2D eigenvalue weighted by Gasteiger charge is -2.19. The van der Waals surface area contributed by atoms with Gasteiger partial charge in [-0.1, -0.05) is 44.7 Å². The van der Waals surface area contributed by atoms with Crippen LogP contribution in [0.2, 0.25) is 0 Å². The van der Waals surface area contributed by atoms with Crippen molar-refractivity contribution in [2.24, 2.45) is 0 Å². The van der Waals surface area contributed by atoms with E-state index in [1.807, 2.05) is 37.3 Å². The molecule has 0 aliphatic heterocycles. The Balaban J connectivity index is 1.74. The van der Waals surface area contributed by atoms with Gasteiger partial charge in [0.15, 0.2) is 0 Å². The minimum Gasteiger partial charge on any atom is -0.325 e. The molecule has 0 bridgehead atoms.